The maximum absolute atomic E-state index is 4.60. The van der Waals surface area contributed by atoms with E-state index in [1.54, 1.807) is 24.6 Å². The van der Waals surface area contributed by atoms with Crippen molar-refractivity contribution in [2.45, 2.75) is 39.8 Å². The van der Waals surface area contributed by atoms with E-state index < -0.39 is 0 Å². The van der Waals surface area contributed by atoms with Crippen LogP contribution in [0.4, 0.5) is 0 Å². The normalized spacial score (nSPS) is 11.3. The quantitative estimate of drug-likeness (QED) is 0.420. The molecule has 2 aromatic heterocycles. The number of thiazole rings is 1. The molecule has 2 N–H and O–H groups in total. The number of aromatic nitrogens is 3. The van der Waals surface area contributed by atoms with Gasteiger partial charge in [0.1, 0.15) is 10.8 Å². The van der Waals surface area contributed by atoms with Crippen molar-refractivity contribution in [3.05, 3.63) is 39.9 Å². The Bertz CT molecular complexity index is 640. The van der Waals surface area contributed by atoms with Crippen LogP contribution in [0.15, 0.2) is 22.6 Å². The first-order chi connectivity index (χ1) is 10.6. The molecule has 23 heavy (non-hydrogen) atoms. The summed E-state index contributed by atoms with van der Waals surface area (Å²) in [4.78, 5) is 17.3. The zero-order valence-corrected chi connectivity index (χ0v) is 17.0. The smallest absolute Gasteiger partial charge is 0.191 e. The minimum absolute atomic E-state index is 0. The first kappa shape index (κ1) is 19.8. The van der Waals surface area contributed by atoms with Crippen LogP contribution in [0.1, 0.15) is 42.0 Å². The highest BCUT2D eigenvalue weighted by Gasteiger charge is 2.06. The molecule has 0 spiro atoms. The molecule has 2 heterocycles. The minimum atomic E-state index is 0. The van der Waals surface area contributed by atoms with Crippen LogP contribution in [-0.2, 0) is 13.1 Å². The molecule has 0 saturated carbocycles. The summed E-state index contributed by atoms with van der Waals surface area (Å²) in [6, 6.07) is 1.89. The SMILES string of the molecule is CN=C(NCc1ccnc(C)n1)NCc1nc(C(C)C)cs1.I. The lowest BCUT2D eigenvalue weighted by atomic mass is 10.2. The summed E-state index contributed by atoms with van der Waals surface area (Å²) >= 11 is 1.67. The molecule has 0 saturated heterocycles. The standard InChI is InChI=1S/C15H22N6S.HI/c1-10(2)13-9-22-14(21-13)8-19-15(16-4)18-7-12-5-6-17-11(3)20-12;/h5-6,9-10H,7-8H2,1-4H3,(H2,16,18,19);1H. The Hall–Kier alpha value is -1.29. The van der Waals surface area contributed by atoms with Crippen LogP contribution in [0.3, 0.4) is 0 Å². The van der Waals surface area contributed by atoms with Gasteiger partial charge in [-0.3, -0.25) is 4.99 Å². The molecular formula is C15H23IN6S. The molecule has 126 valence electrons. The lowest BCUT2D eigenvalue weighted by Gasteiger charge is -2.10. The van der Waals surface area contributed by atoms with E-state index in [1.807, 2.05) is 13.0 Å². The van der Waals surface area contributed by atoms with Gasteiger partial charge in [-0.15, -0.1) is 35.3 Å². The number of nitrogens with zero attached hydrogens (tertiary/aromatic N) is 4. The predicted molar refractivity (Wildman–Crippen MR) is 105 cm³/mol. The van der Waals surface area contributed by atoms with E-state index in [1.165, 1.54) is 0 Å². The van der Waals surface area contributed by atoms with Crippen LogP contribution in [0.2, 0.25) is 0 Å². The van der Waals surface area contributed by atoms with Crippen LogP contribution in [0.25, 0.3) is 0 Å². The molecule has 0 aromatic carbocycles. The maximum Gasteiger partial charge on any atom is 0.191 e. The second kappa shape index (κ2) is 9.76. The molecule has 0 aliphatic rings. The topological polar surface area (TPSA) is 75.1 Å². The molecule has 2 rings (SSSR count). The number of hydrogen-bond acceptors (Lipinski definition) is 5. The van der Waals surface area contributed by atoms with Gasteiger partial charge < -0.3 is 10.6 Å². The maximum atomic E-state index is 4.60. The van der Waals surface area contributed by atoms with Crippen LogP contribution >= 0.6 is 35.3 Å². The van der Waals surface area contributed by atoms with E-state index in [0.29, 0.717) is 19.0 Å². The van der Waals surface area contributed by atoms with Gasteiger partial charge in [-0.05, 0) is 18.9 Å². The Morgan fingerprint density at radius 2 is 2.00 bits per heavy atom. The van der Waals surface area contributed by atoms with Crippen molar-refractivity contribution in [2.75, 3.05) is 7.05 Å². The zero-order chi connectivity index (χ0) is 15.9. The summed E-state index contributed by atoms with van der Waals surface area (Å²) in [5, 5.41) is 9.68. The molecule has 0 atom stereocenters. The Balaban J connectivity index is 0.00000264. The Kier molecular flexibility index (Phi) is 8.38. The molecule has 8 heteroatoms. The van der Waals surface area contributed by atoms with Gasteiger partial charge in [0.05, 0.1) is 24.5 Å². The first-order valence-electron chi connectivity index (χ1n) is 7.26. The predicted octanol–water partition coefficient (Wildman–Crippen LogP) is 2.85. The molecule has 0 amide bonds. The summed E-state index contributed by atoms with van der Waals surface area (Å²) in [5.41, 5.74) is 2.08. The van der Waals surface area contributed by atoms with E-state index >= 15 is 0 Å². The fraction of sp³-hybridized carbons (Fsp3) is 0.467. The van der Waals surface area contributed by atoms with Gasteiger partial charge in [0.2, 0.25) is 0 Å². The molecule has 0 radical (unpaired) electrons. The third kappa shape index (κ3) is 6.38. The van der Waals surface area contributed by atoms with E-state index in [-0.39, 0.29) is 24.0 Å². The van der Waals surface area contributed by atoms with Crippen molar-refractivity contribution >= 4 is 41.3 Å². The lowest BCUT2D eigenvalue weighted by Crippen LogP contribution is -2.36. The van der Waals surface area contributed by atoms with E-state index in [4.69, 9.17) is 0 Å². The number of rotatable bonds is 5. The lowest BCUT2D eigenvalue weighted by molar-refractivity contribution is 0.773. The number of nitrogens with one attached hydrogen (secondary N) is 2. The second-order valence-corrected chi connectivity index (χ2v) is 6.14. The fourth-order valence-corrected chi connectivity index (χ4v) is 2.72. The molecule has 0 unspecified atom stereocenters. The third-order valence-corrected chi connectivity index (χ3v) is 3.93. The molecule has 0 bridgehead atoms. The van der Waals surface area contributed by atoms with Crippen molar-refractivity contribution in [1.29, 1.82) is 0 Å². The van der Waals surface area contributed by atoms with Gasteiger partial charge >= 0.3 is 0 Å². The van der Waals surface area contributed by atoms with Gasteiger partial charge in [-0.25, -0.2) is 15.0 Å². The van der Waals surface area contributed by atoms with Crippen molar-refractivity contribution in [1.82, 2.24) is 25.6 Å². The number of guanidine groups is 1. The van der Waals surface area contributed by atoms with Gasteiger partial charge in [-0.1, -0.05) is 13.8 Å². The van der Waals surface area contributed by atoms with Gasteiger partial charge in [0.15, 0.2) is 5.96 Å². The van der Waals surface area contributed by atoms with Gasteiger partial charge in [-0.2, -0.15) is 0 Å². The molecule has 6 nitrogen and oxygen atoms in total. The molecule has 0 aliphatic carbocycles. The minimum Gasteiger partial charge on any atom is -0.351 e. The van der Waals surface area contributed by atoms with Crippen molar-refractivity contribution in [3.63, 3.8) is 0 Å². The zero-order valence-electron chi connectivity index (χ0n) is 13.8. The van der Waals surface area contributed by atoms with Gasteiger partial charge in [0, 0.05) is 18.6 Å². The van der Waals surface area contributed by atoms with Crippen molar-refractivity contribution < 1.29 is 0 Å². The van der Waals surface area contributed by atoms with Crippen molar-refractivity contribution in [3.8, 4) is 0 Å². The molecular weight excluding hydrogens is 423 g/mol. The number of halogens is 1. The largest absolute Gasteiger partial charge is 0.351 e. The van der Waals surface area contributed by atoms with E-state index in [9.17, 15) is 0 Å². The van der Waals surface area contributed by atoms with E-state index in [0.717, 1.165) is 28.2 Å². The monoisotopic (exact) mass is 446 g/mol. The number of hydrogen-bond donors (Lipinski definition) is 2. The highest BCUT2D eigenvalue weighted by Crippen LogP contribution is 2.17. The summed E-state index contributed by atoms with van der Waals surface area (Å²) < 4.78 is 0. The summed E-state index contributed by atoms with van der Waals surface area (Å²) in [5.74, 6) is 1.97. The number of aliphatic imine (C=N–C) groups is 1. The highest BCUT2D eigenvalue weighted by molar-refractivity contribution is 14.0. The Morgan fingerprint density at radius 1 is 1.26 bits per heavy atom. The van der Waals surface area contributed by atoms with Gasteiger partial charge in [0.25, 0.3) is 0 Å². The molecule has 2 aromatic rings. The van der Waals surface area contributed by atoms with Crippen LogP contribution in [-0.4, -0.2) is 28.0 Å². The summed E-state index contributed by atoms with van der Waals surface area (Å²) in [6.45, 7) is 7.45. The molecule has 0 fully saturated rings. The second-order valence-electron chi connectivity index (χ2n) is 5.20. The number of aryl methyl sites for hydroxylation is 1. The third-order valence-electron chi connectivity index (χ3n) is 3.06. The first-order valence-corrected chi connectivity index (χ1v) is 8.13. The Labute approximate surface area is 158 Å². The fourth-order valence-electron chi connectivity index (χ4n) is 1.83. The highest BCUT2D eigenvalue weighted by atomic mass is 127. The van der Waals surface area contributed by atoms with Crippen LogP contribution < -0.4 is 10.6 Å². The average molecular weight is 446 g/mol. The van der Waals surface area contributed by atoms with Crippen molar-refractivity contribution in [2.24, 2.45) is 4.99 Å². The van der Waals surface area contributed by atoms with E-state index in [2.05, 4.69) is 49.8 Å². The van der Waals surface area contributed by atoms with Crippen LogP contribution in [0.5, 0.6) is 0 Å². The summed E-state index contributed by atoms with van der Waals surface area (Å²) in [6.07, 6.45) is 1.76. The Morgan fingerprint density at radius 3 is 2.61 bits per heavy atom. The molecule has 0 aliphatic heterocycles. The average Bonchev–Trinajstić information content (AvgIpc) is 2.97. The van der Waals surface area contributed by atoms with Crippen LogP contribution in [0, 0.1) is 6.92 Å². The summed E-state index contributed by atoms with van der Waals surface area (Å²) in [7, 11) is 1.75.